The molecule has 0 fully saturated rings. The number of nitrogens with one attached hydrogen (secondary N) is 1. The van der Waals surface area contributed by atoms with E-state index in [0.717, 1.165) is 6.01 Å². The summed E-state index contributed by atoms with van der Waals surface area (Å²) in [5, 5.41) is 12.5. The van der Waals surface area contributed by atoms with Gasteiger partial charge >= 0.3 is 0 Å². The van der Waals surface area contributed by atoms with Crippen molar-refractivity contribution in [3.8, 4) is 0 Å². The van der Waals surface area contributed by atoms with E-state index in [-0.39, 0.29) is 7.43 Å². The Balaban J connectivity index is 0. The van der Waals surface area contributed by atoms with Gasteiger partial charge in [-0.1, -0.05) is 7.43 Å². The molecule has 24 valence electrons. The largest absolute Gasteiger partial charge is 0.447 e. The topological polar surface area (TPSA) is 46.2 Å². The highest BCUT2D eigenvalue weighted by Crippen LogP contribution is 0.989. The van der Waals surface area contributed by atoms with Crippen molar-refractivity contribution in [1.82, 2.24) is 0 Å². The van der Waals surface area contributed by atoms with Crippen LogP contribution in [-0.2, 0) is 0 Å². The predicted molar refractivity (Wildman–Crippen MR) is 17.8 cm³/mol. The van der Waals surface area contributed by atoms with Crippen molar-refractivity contribution in [2.45, 2.75) is 7.43 Å². The second-order valence-electron chi connectivity index (χ2n) is 0.112. The number of rotatable bonds is 0. The van der Waals surface area contributed by atoms with Gasteiger partial charge in [0.1, 0.15) is 0 Å². The van der Waals surface area contributed by atoms with Crippen molar-refractivity contribution in [1.29, 1.82) is 5.41 Å². The molecule has 0 unspecified atom stereocenters. The van der Waals surface area contributed by atoms with Crippen LogP contribution in [0.1, 0.15) is 7.43 Å². The summed E-state index contributed by atoms with van der Waals surface area (Å²) in [7, 11) is 0. The standard InChI is InChI=1S/CHN2.CH4/c2-1-3;/h2H;1H4/q-1;. The molecule has 0 saturated heterocycles. The molecule has 0 bridgehead atoms. The van der Waals surface area contributed by atoms with Gasteiger partial charge in [0, 0.05) is 0 Å². The van der Waals surface area contributed by atoms with Gasteiger partial charge in [-0.2, -0.15) is 6.01 Å². The third kappa shape index (κ3) is 0.518. The molecule has 0 aliphatic rings. The van der Waals surface area contributed by atoms with Crippen molar-refractivity contribution in [2.24, 2.45) is 0 Å². The average Bonchev–Trinajstić information content (AvgIpc) is 0.918. The van der Waals surface area contributed by atoms with Gasteiger partial charge in [0.2, 0.25) is 0 Å². The molecule has 2 heteroatoms. The quantitative estimate of drug-likeness (QED) is 0.402. The van der Waals surface area contributed by atoms with Crippen molar-refractivity contribution >= 4 is 6.01 Å². The summed E-state index contributed by atoms with van der Waals surface area (Å²) in [4.78, 5) is 0. The van der Waals surface area contributed by atoms with Gasteiger partial charge in [-0.15, -0.1) is 0 Å². The van der Waals surface area contributed by atoms with E-state index >= 15 is 0 Å². The Kier molecular flexibility index (Phi) is 78.9. The summed E-state index contributed by atoms with van der Waals surface area (Å²) in [5.74, 6) is 0. The summed E-state index contributed by atoms with van der Waals surface area (Å²) in [6.45, 7) is 0. The van der Waals surface area contributed by atoms with Gasteiger partial charge in [0.25, 0.3) is 0 Å². The Morgan fingerprint density at radius 3 is 1.75 bits per heavy atom. The maximum atomic E-state index is 6.99. The highest BCUT2D eigenvalue weighted by atomic mass is 14.4. The predicted octanol–water partition coefficient (Wildman–Crippen LogP) is 0.945. The number of hydrogen-bond donors (Lipinski definition) is 1. The lowest BCUT2D eigenvalue weighted by molar-refractivity contribution is 1.60. The lowest BCUT2D eigenvalue weighted by Gasteiger charge is -1.31. The smallest absolute Gasteiger partial charge is 0.0776 e. The molecule has 0 aliphatic carbocycles. The van der Waals surface area contributed by atoms with E-state index in [4.69, 9.17) is 10.8 Å². The highest BCUT2D eigenvalue weighted by Gasteiger charge is 0.714. The van der Waals surface area contributed by atoms with E-state index in [9.17, 15) is 0 Å². The zero-order valence-electron chi connectivity index (χ0n) is 1.45. The second-order valence-corrected chi connectivity index (χ2v) is 0.112. The highest BCUT2D eigenvalue weighted by molar-refractivity contribution is 5.39. The van der Waals surface area contributed by atoms with E-state index in [1.54, 1.807) is 0 Å². The third-order valence-electron chi connectivity index (χ3n) is 0. The fourth-order valence-electron chi connectivity index (χ4n) is 0. The molecule has 0 aromatic heterocycles. The van der Waals surface area contributed by atoms with E-state index in [1.807, 2.05) is 0 Å². The molecule has 4 heavy (non-hydrogen) atoms. The van der Waals surface area contributed by atoms with E-state index in [0.29, 0.717) is 0 Å². The lowest BCUT2D eigenvalue weighted by Crippen LogP contribution is -1.08. The van der Waals surface area contributed by atoms with Crippen LogP contribution in [0.25, 0.3) is 5.41 Å². The van der Waals surface area contributed by atoms with Crippen molar-refractivity contribution < 1.29 is 0 Å². The lowest BCUT2D eigenvalue weighted by atomic mass is 11.6. The van der Waals surface area contributed by atoms with Gasteiger partial charge in [-0.25, -0.2) is 0 Å². The van der Waals surface area contributed by atoms with E-state index in [2.05, 4.69) is 0 Å². The van der Waals surface area contributed by atoms with Crippen molar-refractivity contribution in [2.75, 3.05) is 0 Å². The molecule has 2 nitrogen and oxygen atoms in total. The van der Waals surface area contributed by atoms with Crippen LogP contribution in [0.4, 0.5) is 0 Å². The zero-order valence-corrected chi connectivity index (χ0v) is 1.45. The summed E-state index contributed by atoms with van der Waals surface area (Å²) in [6, 6.07) is 1.00. The molecule has 0 atom stereocenters. The first-order valence-electron chi connectivity index (χ1n) is 0.474. The fourth-order valence-corrected chi connectivity index (χ4v) is 0. The van der Waals surface area contributed by atoms with Crippen LogP contribution in [0.5, 0.6) is 0 Å². The van der Waals surface area contributed by atoms with Crippen LogP contribution in [0, 0.1) is 5.41 Å². The van der Waals surface area contributed by atoms with Crippen LogP contribution in [0.15, 0.2) is 0 Å². The summed E-state index contributed by atoms with van der Waals surface area (Å²) in [6.07, 6.45) is 0. The minimum absolute atomic E-state index is 0. The number of nitrogens with zero attached hydrogens (tertiary/aromatic N) is 1. The third-order valence-corrected chi connectivity index (χ3v) is 0. The Morgan fingerprint density at radius 1 is 1.75 bits per heavy atom. The molecule has 0 aromatic rings. The van der Waals surface area contributed by atoms with Gasteiger partial charge in [-0.3, -0.25) is 0 Å². The van der Waals surface area contributed by atoms with Crippen molar-refractivity contribution in [3.63, 3.8) is 0 Å². The molecule has 0 rings (SSSR count). The summed E-state index contributed by atoms with van der Waals surface area (Å²) in [5.41, 5.74) is 0. The minimum Gasteiger partial charge on any atom is -0.447 e. The molecule has 0 spiro atoms. The first-order chi connectivity index (χ1) is 1.41. The van der Waals surface area contributed by atoms with Gasteiger partial charge in [0.15, 0.2) is 0 Å². The first kappa shape index (κ1) is 10.1. The molecule has 0 aromatic carbocycles. The summed E-state index contributed by atoms with van der Waals surface area (Å²) < 4.78 is 0. The average molecular weight is 57.1 g/mol. The van der Waals surface area contributed by atoms with Crippen molar-refractivity contribution in [3.05, 3.63) is 5.41 Å². The van der Waals surface area contributed by atoms with Crippen LogP contribution in [-0.4, -0.2) is 6.01 Å². The molecular formula is C2H5N2-. The van der Waals surface area contributed by atoms with Crippen LogP contribution < -0.4 is 0 Å². The van der Waals surface area contributed by atoms with Gasteiger partial charge < -0.3 is 10.8 Å². The maximum absolute atomic E-state index is 6.99. The summed E-state index contributed by atoms with van der Waals surface area (Å²) >= 11 is 0. The Bertz CT molecular complexity index is 25.0. The molecule has 0 amide bonds. The Hall–Kier alpha value is -0.620. The minimum atomic E-state index is 0. The Morgan fingerprint density at radius 2 is 1.75 bits per heavy atom. The zero-order chi connectivity index (χ0) is 2.71. The first-order valence-corrected chi connectivity index (χ1v) is 0.474. The van der Waals surface area contributed by atoms with Crippen LogP contribution >= 0.6 is 0 Å². The van der Waals surface area contributed by atoms with Crippen LogP contribution in [0.2, 0.25) is 0 Å². The maximum Gasteiger partial charge on any atom is -0.0776 e. The molecule has 0 heterocycles. The van der Waals surface area contributed by atoms with E-state index in [1.165, 1.54) is 0 Å². The molecule has 0 saturated carbocycles. The molecule has 0 radical (unpaired) electrons. The fraction of sp³-hybridized carbons (Fsp3) is 0.500. The molecule has 1 N–H and O–H groups in total. The number of hydrogen-bond acceptors (Lipinski definition) is 1. The van der Waals surface area contributed by atoms with Gasteiger partial charge in [-0.05, 0) is 0 Å². The monoisotopic (exact) mass is 57.0 g/mol. The Labute approximate surface area is 25.5 Å². The normalized spacial score (nSPS) is 2.00. The molecular weight excluding hydrogens is 52.0 g/mol. The van der Waals surface area contributed by atoms with E-state index < -0.39 is 0 Å². The SMILES string of the molecule is C.[N-]=C=N. The van der Waals surface area contributed by atoms with Gasteiger partial charge in [0.05, 0.1) is 0 Å². The second kappa shape index (κ2) is 31.4. The van der Waals surface area contributed by atoms with Crippen LogP contribution in [0.3, 0.4) is 0 Å². The molecule has 0 aliphatic heterocycles.